The lowest BCUT2D eigenvalue weighted by atomic mass is 10.1. The highest BCUT2D eigenvalue weighted by Crippen LogP contribution is 2.33. The Hall–Kier alpha value is -1.22. The van der Waals surface area contributed by atoms with E-state index in [4.69, 9.17) is 27.9 Å². The number of hydrogen-bond acceptors (Lipinski definition) is 2. The summed E-state index contributed by atoms with van der Waals surface area (Å²) < 4.78 is 5.76. The van der Waals surface area contributed by atoms with Gasteiger partial charge in [-0.15, -0.1) is 0 Å². The molecular weight excluding hydrogens is 295 g/mol. The fraction of sp³-hybridized carbons (Fsp3) is 0.250. The molecule has 1 unspecified atom stereocenters. The molecule has 4 heteroatoms. The molecule has 104 valence electrons. The first-order valence-corrected chi connectivity index (χ1v) is 7.26. The normalized spacial score (nSPS) is 17.1. The number of aliphatic hydroxyl groups excluding tert-OH is 1. The van der Waals surface area contributed by atoms with Crippen molar-refractivity contribution in [3.63, 3.8) is 0 Å². The molecule has 0 radical (unpaired) electrons. The summed E-state index contributed by atoms with van der Waals surface area (Å²) in [5, 5.41) is 10.8. The van der Waals surface area contributed by atoms with Crippen LogP contribution in [0.1, 0.15) is 29.2 Å². The quantitative estimate of drug-likeness (QED) is 0.901. The van der Waals surface area contributed by atoms with E-state index in [-0.39, 0.29) is 6.10 Å². The summed E-state index contributed by atoms with van der Waals surface area (Å²) in [6.07, 6.45) is 1.38. The number of rotatable bonds is 3. The second kappa shape index (κ2) is 5.65. The van der Waals surface area contributed by atoms with Crippen LogP contribution in [0.5, 0.6) is 5.75 Å². The van der Waals surface area contributed by atoms with Gasteiger partial charge in [-0.05, 0) is 53.8 Å². The van der Waals surface area contributed by atoms with Crippen molar-refractivity contribution >= 4 is 23.2 Å². The Balaban J connectivity index is 1.71. The van der Waals surface area contributed by atoms with Gasteiger partial charge in [0.15, 0.2) is 0 Å². The Morgan fingerprint density at radius 3 is 2.75 bits per heavy atom. The van der Waals surface area contributed by atoms with Gasteiger partial charge in [-0.25, -0.2) is 0 Å². The number of ether oxygens (including phenoxy) is 1. The highest BCUT2D eigenvalue weighted by molar-refractivity contribution is 6.42. The van der Waals surface area contributed by atoms with Crippen LogP contribution in [0.25, 0.3) is 0 Å². The van der Waals surface area contributed by atoms with Crippen LogP contribution in [0.2, 0.25) is 10.0 Å². The Kier molecular flexibility index (Phi) is 3.88. The van der Waals surface area contributed by atoms with E-state index in [0.717, 1.165) is 29.7 Å². The fourth-order valence-electron chi connectivity index (χ4n) is 2.46. The smallest absolute Gasteiger partial charge is 0.120 e. The van der Waals surface area contributed by atoms with Gasteiger partial charge in [-0.2, -0.15) is 0 Å². The zero-order valence-corrected chi connectivity index (χ0v) is 12.3. The molecule has 0 aromatic heterocycles. The summed E-state index contributed by atoms with van der Waals surface area (Å²) >= 11 is 11.9. The number of halogens is 2. The topological polar surface area (TPSA) is 29.5 Å². The van der Waals surface area contributed by atoms with Crippen LogP contribution in [-0.4, -0.2) is 5.11 Å². The summed E-state index contributed by atoms with van der Waals surface area (Å²) in [4.78, 5) is 0. The molecule has 0 amide bonds. The molecular formula is C16H14Cl2O2. The van der Waals surface area contributed by atoms with Gasteiger partial charge in [0.05, 0.1) is 16.1 Å². The van der Waals surface area contributed by atoms with E-state index in [1.807, 2.05) is 24.3 Å². The summed E-state index contributed by atoms with van der Waals surface area (Å²) in [5.41, 5.74) is 3.16. The molecule has 1 N–H and O–H groups in total. The fourth-order valence-corrected chi connectivity index (χ4v) is 2.78. The number of hydrogen-bond donors (Lipinski definition) is 1. The highest BCUT2D eigenvalue weighted by atomic mass is 35.5. The molecule has 1 atom stereocenters. The lowest BCUT2D eigenvalue weighted by Gasteiger charge is -2.09. The van der Waals surface area contributed by atoms with Gasteiger partial charge in [0.1, 0.15) is 12.4 Å². The maximum atomic E-state index is 9.77. The Morgan fingerprint density at radius 1 is 1.10 bits per heavy atom. The summed E-state index contributed by atoms with van der Waals surface area (Å²) in [7, 11) is 0. The minimum absolute atomic E-state index is 0.325. The average molecular weight is 309 g/mol. The van der Waals surface area contributed by atoms with Crippen molar-refractivity contribution in [3.8, 4) is 5.75 Å². The number of fused-ring (bicyclic) bond motifs is 1. The maximum absolute atomic E-state index is 9.77. The lowest BCUT2D eigenvalue weighted by molar-refractivity contribution is 0.180. The molecule has 2 aromatic rings. The van der Waals surface area contributed by atoms with Crippen LogP contribution in [0.4, 0.5) is 0 Å². The van der Waals surface area contributed by atoms with Gasteiger partial charge in [0.2, 0.25) is 0 Å². The highest BCUT2D eigenvalue weighted by Gasteiger charge is 2.20. The van der Waals surface area contributed by atoms with Crippen LogP contribution in [0.15, 0.2) is 36.4 Å². The van der Waals surface area contributed by atoms with E-state index in [1.165, 1.54) is 5.56 Å². The van der Waals surface area contributed by atoms with E-state index in [1.54, 1.807) is 12.1 Å². The van der Waals surface area contributed by atoms with Crippen LogP contribution < -0.4 is 4.74 Å². The molecule has 0 bridgehead atoms. The summed E-state index contributed by atoms with van der Waals surface area (Å²) in [5.74, 6) is 0.809. The third kappa shape index (κ3) is 2.78. The summed E-state index contributed by atoms with van der Waals surface area (Å²) in [6, 6.07) is 11.3. The molecule has 2 aromatic carbocycles. The second-order valence-electron chi connectivity index (χ2n) is 4.95. The van der Waals surface area contributed by atoms with Crippen LogP contribution in [-0.2, 0) is 13.0 Å². The SMILES string of the molecule is OC1CCc2cc(OCc3ccc(Cl)c(Cl)c3)ccc21. The predicted octanol–water partition coefficient (Wildman–Crippen LogP) is 4.55. The van der Waals surface area contributed by atoms with Crippen molar-refractivity contribution < 1.29 is 9.84 Å². The molecule has 1 aliphatic rings. The molecule has 3 rings (SSSR count). The minimum atomic E-state index is -0.325. The maximum Gasteiger partial charge on any atom is 0.120 e. The van der Waals surface area contributed by atoms with Crippen molar-refractivity contribution in [2.75, 3.05) is 0 Å². The number of aryl methyl sites for hydroxylation is 1. The third-order valence-electron chi connectivity index (χ3n) is 3.55. The van der Waals surface area contributed by atoms with Crippen LogP contribution in [0, 0.1) is 0 Å². The van der Waals surface area contributed by atoms with Crippen molar-refractivity contribution in [2.45, 2.75) is 25.6 Å². The van der Waals surface area contributed by atoms with Gasteiger partial charge < -0.3 is 9.84 Å². The molecule has 0 heterocycles. The first-order valence-electron chi connectivity index (χ1n) is 6.51. The zero-order valence-electron chi connectivity index (χ0n) is 10.8. The zero-order chi connectivity index (χ0) is 14.1. The van der Waals surface area contributed by atoms with Crippen molar-refractivity contribution in [1.29, 1.82) is 0 Å². The average Bonchev–Trinajstić information content (AvgIpc) is 2.81. The molecule has 0 fully saturated rings. The van der Waals surface area contributed by atoms with E-state index >= 15 is 0 Å². The van der Waals surface area contributed by atoms with Gasteiger partial charge in [0.25, 0.3) is 0 Å². The number of benzene rings is 2. The van der Waals surface area contributed by atoms with Crippen molar-refractivity contribution in [1.82, 2.24) is 0 Å². The second-order valence-corrected chi connectivity index (χ2v) is 5.77. The predicted molar refractivity (Wildman–Crippen MR) is 80.5 cm³/mol. The monoisotopic (exact) mass is 308 g/mol. The molecule has 20 heavy (non-hydrogen) atoms. The third-order valence-corrected chi connectivity index (χ3v) is 4.29. The molecule has 0 spiro atoms. The van der Waals surface area contributed by atoms with Gasteiger partial charge in [-0.1, -0.05) is 35.3 Å². The van der Waals surface area contributed by atoms with E-state index in [9.17, 15) is 5.11 Å². The Labute approximate surface area is 127 Å². The molecule has 2 nitrogen and oxygen atoms in total. The molecule has 0 saturated carbocycles. The van der Waals surface area contributed by atoms with E-state index in [2.05, 4.69) is 0 Å². The summed E-state index contributed by atoms with van der Waals surface area (Å²) in [6.45, 7) is 0.443. The standard InChI is InChI=1S/C16H14Cl2O2/c17-14-5-1-10(7-15(14)18)9-20-12-3-4-13-11(8-12)2-6-16(13)19/h1,3-5,7-8,16,19H,2,6,9H2. The largest absolute Gasteiger partial charge is 0.489 e. The van der Waals surface area contributed by atoms with Gasteiger partial charge in [0, 0.05) is 0 Å². The Bertz CT molecular complexity index is 640. The number of aliphatic hydroxyl groups is 1. The van der Waals surface area contributed by atoms with Gasteiger partial charge in [-0.3, -0.25) is 0 Å². The first kappa shape index (κ1) is 13.7. The van der Waals surface area contributed by atoms with Gasteiger partial charge >= 0.3 is 0 Å². The Morgan fingerprint density at radius 2 is 1.95 bits per heavy atom. The lowest BCUT2D eigenvalue weighted by Crippen LogP contribution is -1.97. The van der Waals surface area contributed by atoms with Crippen molar-refractivity contribution in [3.05, 3.63) is 63.1 Å². The van der Waals surface area contributed by atoms with Crippen molar-refractivity contribution in [2.24, 2.45) is 0 Å². The van der Waals surface area contributed by atoms with Crippen LogP contribution in [0.3, 0.4) is 0 Å². The molecule has 0 aliphatic heterocycles. The first-order chi connectivity index (χ1) is 9.63. The van der Waals surface area contributed by atoms with E-state index < -0.39 is 0 Å². The van der Waals surface area contributed by atoms with E-state index in [0.29, 0.717) is 16.7 Å². The minimum Gasteiger partial charge on any atom is -0.489 e. The molecule has 0 saturated heterocycles. The molecule has 1 aliphatic carbocycles. The van der Waals surface area contributed by atoms with Crippen LogP contribution >= 0.6 is 23.2 Å².